The fourth-order valence-corrected chi connectivity index (χ4v) is 6.60. The molecule has 0 atom stereocenters. The van der Waals surface area contributed by atoms with E-state index in [1.54, 1.807) is 29.2 Å². The summed E-state index contributed by atoms with van der Waals surface area (Å²) in [7, 11) is 1.85. The summed E-state index contributed by atoms with van der Waals surface area (Å²) in [5.74, 6) is -1.88. The van der Waals surface area contributed by atoms with Crippen LogP contribution in [0.2, 0.25) is 10.0 Å². The van der Waals surface area contributed by atoms with E-state index in [9.17, 15) is 18.4 Å². The number of nitrogens with one attached hydrogen (secondary N) is 2. The molecule has 2 amide bonds. The molecule has 2 fully saturated rings. The molecule has 0 spiro atoms. The summed E-state index contributed by atoms with van der Waals surface area (Å²) in [5, 5.41) is 7.00. The molecule has 1 aromatic heterocycles. The zero-order chi connectivity index (χ0) is 32.0. The Kier molecular flexibility index (Phi) is 9.21. The lowest BCUT2D eigenvalue weighted by Gasteiger charge is -2.28. The molecule has 1 saturated carbocycles. The molecule has 1 saturated heterocycles. The first-order chi connectivity index (χ1) is 20.6. The van der Waals surface area contributed by atoms with Gasteiger partial charge in [0.2, 0.25) is 5.91 Å². The van der Waals surface area contributed by atoms with Crippen LogP contribution in [0.4, 0.5) is 14.5 Å². The standard InChI is InChI=1S/C33H41Cl2F2N5O2/c1-19-6-9-21(10-7-19)39-30(43)23-14-25-27(16-26(23)42-13-12-33(36,37)18-42)41(5)28(40-25)15-22-24(34)11-8-20(29(22)35)17-38-31(44)32(2,3)4/h8,11,14,16,19,21H,6-7,9-10,12-13,15,17-18H2,1-5H3,(H,38,44)(H,39,43). The third-order valence-corrected chi connectivity index (χ3v) is 9.74. The number of carbonyl (C=O) groups excluding carboxylic acids is 2. The fraction of sp³-hybridized carbons (Fsp3) is 0.545. The second kappa shape index (κ2) is 12.5. The maximum atomic E-state index is 14.3. The largest absolute Gasteiger partial charge is 0.365 e. The van der Waals surface area contributed by atoms with Gasteiger partial charge in [-0.15, -0.1) is 0 Å². The van der Waals surface area contributed by atoms with E-state index in [0.29, 0.717) is 56.1 Å². The molecule has 2 aromatic carbocycles. The van der Waals surface area contributed by atoms with Crippen molar-refractivity contribution in [3.05, 3.63) is 56.8 Å². The summed E-state index contributed by atoms with van der Waals surface area (Å²) in [5.41, 5.74) is 3.00. The van der Waals surface area contributed by atoms with Gasteiger partial charge >= 0.3 is 0 Å². The van der Waals surface area contributed by atoms with E-state index in [4.69, 9.17) is 28.2 Å². The first kappa shape index (κ1) is 32.5. The first-order valence-electron chi connectivity index (χ1n) is 15.3. The average Bonchev–Trinajstić information content (AvgIpc) is 3.47. The zero-order valence-electron chi connectivity index (χ0n) is 26.0. The first-order valence-corrected chi connectivity index (χ1v) is 16.1. The highest BCUT2D eigenvalue weighted by atomic mass is 35.5. The summed E-state index contributed by atoms with van der Waals surface area (Å²) >= 11 is 13.4. The van der Waals surface area contributed by atoms with Crippen LogP contribution in [0.15, 0.2) is 24.3 Å². The van der Waals surface area contributed by atoms with Crippen molar-refractivity contribution >= 4 is 51.7 Å². The average molecular weight is 649 g/mol. The topological polar surface area (TPSA) is 79.3 Å². The minimum absolute atomic E-state index is 0.0614. The van der Waals surface area contributed by atoms with Gasteiger partial charge in [-0.3, -0.25) is 9.59 Å². The Labute approximate surface area is 267 Å². The summed E-state index contributed by atoms with van der Waals surface area (Å²) in [6.45, 7) is 7.73. The maximum absolute atomic E-state index is 14.3. The molecule has 1 aliphatic carbocycles. The van der Waals surface area contributed by atoms with Crippen molar-refractivity contribution in [3.63, 3.8) is 0 Å². The number of rotatable bonds is 7. The van der Waals surface area contributed by atoms with Crippen LogP contribution in [0.3, 0.4) is 0 Å². The van der Waals surface area contributed by atoms with Crippen molar-refractivity contribution in [3.8, 4) is 0 Å². The van der Waals surface area contributed by atoms with Crippen molar-refractivity contribution in [2.24, 2.45) is 18.4 Å². The highest BCUT2D eigenvalue weighted by molar-refractivity contribution is 6.36. The van der Waals surface area contributed by atoms with Crippen LogP contribution < -0.4 is 15.5 Å². The molecule has 0 radical (unpaired) electrons. The van der Waals surface area contributed by atoms with E-state index in [0.717, 1.165) is 31.2 Å². The number of hydrogen-bond acceptors (Lipinski definition) is 4. The number of aryl methyl sites for hydroxylation is 1. The molecule has 5 rings (SSSR count). The van der Waals surface area contributed by atoms with E-state index in [1.165, 1.54) is 0 Å². The summed E-state index contributed by atoms with van der Waals surface area (Å²) < 4.78 is 30.5. The third-order valence-electron chi connectivity index (χ3n) is 8.92. The molecule has 11 heteroatoms. The Morgan fingerprint density at radius 3 is 2.45 bits per heavy atom. The summed E-state index contributed by atoms with van der Waals surface area (Å²) in [6.07, 6.45) is 3.94. The van der Waals surface area contributed by atoms with E-state index < -0.39 is 17.9 Å². The second-order valence-electron chi connectivity index (χ2n) is 13.5. The molecule has 0 bridgehead atoms. The number of nitrogens with zero attached hydrogens (tertiary/aromatic N) is 3. The molecule has 7 nitrogen and oxygen atoms in total. The van der Waals surface area contributed by atoms with Gasteiger partial charge < -0.3 is 20.1 Å². The molecule has 1 aliphatic heterocycles. The van der Waals surface area contributed by atoms with Gasteiger partial charge in [-0.2, -0.15) is 0 Å². The molecule has 2 aliphatic rings. The van der Waals surface area contributed by atoms with Gasteiger partial charge in [0.05, 0.1) is 33.9 Å². The van der Waals surface area contributed by atoms with Gasteiger partial charge in [0.1, 0.15) is 5.82 Å². The summed E-state index contributed by atoms with van der Waals surface area (Å²) in [4.78, 5) is 32.5. The van der Waals surface area contributed by atoms with E-state index in [1.807, 2.05) is 32.4 Å². The normalized spacial score (nSPS) is 20.2. The zero-order valence-corrected chi connectivity index (χ0v) is 27.5. The minimum Gasteiger partial charge on any atom is -0.365 e. The number of halogens is 4. The smallest absolute Gasteiger partial charge is 0.266 e. The number of fused-ring (bicyclic) bond motifs is 1. The minimum atomic E-state index is -2.81. The van der Waals surface area contributed by atoms with Gasteiger partial charge in [0.25, 0.3) is 11.8 Å². The van der Waals surface area contributed by atoms with E-state index in [2.05, 4.69) is 17.6 Å². The number of carbonyl (C=O) groups is 2. The monoisotopic (exact) mass is 647 g/mol. The Morgan fingerprint density at radius 1 is 1.11 bits per heavy atom. The van der Waals surface area contributed by atoms with Gasteiger partial charge in [-0.25, -0.2) is 13.8 Å². The Balaban J connectivity index is 1.47. The molecule has 238 valence electrons. The van der Waals surface area contributed by atoms with Crippen molar-refractivity contribution in [2.45, 2.75) is 84.7 Å². The van der Waals surface area contributed by atoms with Crippen LogP contribution in [0.25, 0.3) is 11.0 Å². The van der Waals surface area contributed by atoms with Crippen LogP contribution in [-0.2, 0) is 24.8 Å². The van der Waals surface area contributed by atoms with Crippen LogP contribution in [0, 0.1) is 11.3 Å². The van der Waals surface area contributed by atoms with Crippen LogP contribution in [0.5, 0.6) is 0 Å². The van der Waals surface area contributed by atoms with E-state index >= 15 is 0 Å². The molecule has 2 heterocycles. The number of imidazole rings is 1. The maximum Gasteiger partial charge on any atom is 0.266 e. The number of benzene rings is 2. The van der Waals surface area contributed by atoms with Crippen LogP contribution in [0.1, 0.15) is 87.1 Å². The lowest BCUT2D eigenvalue weighted by molar-refractivity contribution is -0.128. The molecular weight excluding hydrogens is 607 g/mol. The number of hydrogen-bond donors (Lipinski definition) is 2. The molecule has 44 heavy (non-hydrogen) atoms. The SMILES string of the molecule is CC1CCC(NC(=O)c2cc3nc(Cc4c(Cl)ccc(CNC(=O)C(C)(C)C)c4Cl)n(C)c3cc2N2CCC(F)(F)C2)CC1. The predicted octanol–water partition coefficient (Wildman–Crippen LogP) is 7.29. The highest BCUT2D eigenvalue weighted by Crippen LogP contribution is 2.37. The van der Waals surface area contributed by atoms with Crippen LogP contribution in [-0.4, -0.2) is 46.4 Å². The number of alkyl halides is 2. The highest BCUT2D eigenvalue weighted by Gasteiger charge is 2.40. The molecule has 2 N–H and O–H groups in total. The lowest BCUT2D eigenvalue weighted by Crippen LogP contribution is -2.38. The molecular formula is C33H41Cl2F2N5O2. The number of amides is 2. The molecule has 0 unspecified atom stereocenters. The predicted molar refractivity (Wildman–Crippen MR) is 172 cm³/mol. The van der Waals surface area contributed by atoms with Crippen molar-refractivity contribution < 1.29 is 18.4 Å². The Bertz CT molecular complexity index is 1570. The lowest BCUT2D eigenvalue weighted by atomic mass is 9.87. The number of anilines is 1. The second-order valence-corrected chi connectivity index (χ2v) is 14.3. The summed E-state index contributed by atoms with van der Waals surface area (Å²) in [6, 6.07) is 7.12. The Morgan fingerprint density at radius 2 is 1.82 bits per heavy atom. The van der Waals surface area contributed by atoms with Crippen molar-refractivity contribution in [1.29, 1.82) is 0 Å². The van der Waals surface area contributed by atoms with Gasteiger partial charge in [0.15, 0.2) is 0 Å². The third kappa shape index (κ3) is 6.99. The van der Waals surface area contributed by atoms with Crippen LogP contribution >= 0.6 is 23.2 Å². The number of aromatic nitrogens is 2. The van der Waals surface area contributed by atoms with Gasteiger partial charge in [0, 0.05) is 49.5 Å². The fourth-order valence-electron chi connectivity index (χ4n) is 6.03. The van der Waals surface area contributed by atoms with Gasteiger partial charge in [-0.05, 0) is 60.9 Å². The molecule has 3 aromatic rings. The van der Waals surface area contributed by atoms with E-state index in [-0.39, 0.29) is 37.4 Å². The van der Waals surface area contributed by atoms with Crippen molar-refractivity contribution in [2.75, 3.05) is 18.0 Å². The Hall–Kier alpha value is -2.91. The van der Waals surface area contributed by atoms with Gasteiger partial charge in [-0.1, -0.05) is 57.0 Å². The quantitative estimate of drug-likeness (QED) is 0.282. The van der Waals surface area contributed by atoms with Crippen molar-refractivity contribution in [1.82, 2.24) is 20.2 Å².